The first-order valence-electron chi connectivity index (χ1n) is 9.86. The number of hydrogen-bond acceptors (Lipinski definition) is 5. The van der Waals surface area contributed by atoms with Crippen LogP contribution in [0.5, 0.6) is 0 Å². The van der Waals surface area contributed by atoms with E-state index in [4.69, 9.17) is 0 Å². The number of aromatic nitrogens is 1. The van der Waals surface area contributed by atoms with Gasteiger partial charge in [-0.2, -0.15) is 13.2 Å². The Morgan fingerprint density at radius 2 is 1.97 bits per heavy atom. The molecule has 3 heterocycles. The van der Waals surface area contributed by atoms with Crippen molar-refractivity contribution in [3.05, 3.63) is 42.0 Å². The van der Waals surface area contributed by atoms with Crippen LogP contribution in [-0.4, -0.2) is 47.6 Å². The zero-order valence-corrected chi connectivity index (χ0v) is 18.1. The normalized spacial score (nSPS) is 21.0. The quantitative estimate of drug-likeness (QED) is 0.691. The van der Waals surface area contributed by atoms with Gasteiger partial charge >= 0.3 is 12.2 Å². The maximum absolute atomic E-state index is 13.1. The minimum Gasteiger partial charge on any atom is -0.370 e. The summed E-state index contributed by atoms with van der Waals surface area (Å²) in [7, 11) is 1.89. The van der Waals surface area contributed by atoms with E-state index in [1.54, 1.807) is 18.2 Å². The summed E-state index contributed by atoms with van der Waals surface area (Å²) < 4.78 is 39.4. The highest BCUT2D eigenvalue weighted by atomic mass is 32.2. The molecule has 2 aromatic rings. The molecule has 2 amide bonds. The molecule has 164 valence electrons. The Hall–Kier alpha value is -2.75. The summed E-state index contributed by atoms with van der Waals surface area (Å²) >= 11 is 1.51. The lowest BCUT2D eigenvalue weighted by molar-refractivity contribution is -0.137. The largest absolute Gasteiger partial charge is 0.416 e. The standard InChI is InChI=1S/C21H22F3N5OS/c1-12-13(2)31-19(25-12)27-20(30)29-10-9-28(3)17-8-7-16(26-18(17)29)14-5-4-6-15(11-14)21(22,23)24/h4-8,11-13H,9-10H2,1-3H3,(H,25,27,30). The molecule has 1 aromatic heterocycles. The summed E-state index contributed by atoms with van der Waals surface area (Å²) in [5.74, 6) is 0.408. The number of halogens is 3. The molecule has 0 radical (unpaired) electrons. The van der Waals surface area contributed by atoms with Crippen LogP contribution in [-0.2, 0) is 6.18 Å². The third-order valence-electron chi connectivity index (χ3n) is 5.42. The van der Waals surface area contributed by atoms with E-state index < -0.39 is 11.7 Å². The third kappa shape index (κ3) is 4.34. The maximum atomic E-state index is 13.1. The zero-order valence-electron chi connectivity index (χ0n) is 17.3. The highest BCUT2D eigenvalue weighted by molar-refractivity contribution is 8.14. The second-order valence-electron chi connectivity index (χ2n) is 7.62. The molecular weight excluding hydrogens is 427 g/mol. The van der Waals surface area contributed by atoms with Gasteiger partial charge in [0.15, 0.2) is 11.0 Å². The number of benzene rings is 1. The first kappa shape index (κ1) is 21.5. The number of rotatable bonds is 1. The highest BCUT2D eigenvalue weighted by Crippen LogP contribution is 2.36. The van der Waals surface area contributed by atoms with Gasteiger partial charge in [0.05, 0.1) is 23.0 Å². The van der Waals surface area contributed by atoms with Gasteiger partial charge in [0.1, 0.15) is 0 Å². The lowest BCUT2D eigenvalue weighted by Crippen LogP contribution is -2.48. The van der Waals surface area contributed by atoms with Crippen molar-refractivity contribution < 1.29 is 18.0 Å². The predicted octanol–water partition coefficient (Wildman–Crippen LogP) is 4.61. The van der Waals surface area contributed by atoms with Crippen LogP contribution in [0.15, 0.2) is 41.4 Å². The van der Waals surface area contributed by atoms with Crippen LogP contribution >= 0.6 is 11.8 Å². The molecule has 10 heteroatoms. The molecule has 0 bridgehead atoms. The first-order valence-corrected chi connectivity index (χ1v) is 10.7. The number of urea groups is 1. The van der Waals surface area contributed by atoms with Gasteiger partial charge in [-0.05, 0) is 31.2 Å². The van der Waals surface area contributed by atoms with E-state index in [0.717, 1.165) is 17.8 Å². The fraction of sp³-hybridized carbons (Fsp3) is 0.381. The number of nitrogens with zero attached hydrogens (tertiary/aromatic N) is 4. The van der Waals surface area contributed by atoms with Crippen LogP contribution in [0, 0.1) is 0 Å². The maximum Gasteiger partial charge on any atom is 0.416 e. The molecule has 0 fully saturated rings. The number of amides is 2. The van der Waals surface area contributed by atoms with Crippen molar-refractivity contribution in [2.45, 2.75) is 31.3 Å². The summed E-state index contributed by atoms with van der Waals surface area (Å²) in [4.78, 5) is 25.5. The molecule has 0 spiro atoms. The predicted molar refractivity (Wildman–Crippen MR) is 118 cm³/mol. The second-order valence-corrected chi connectivity index (χ2v) is 8.98. The van der Waals surface area contributed by atoms with Gasteiger partial charge in [-0.25, -0.2) is 9.78 Å². The van der Waals surface area contributed by atoms with E-state index in [1.807, 2.05) is 25.8 Å². The lowest BCUT2D eigenvalue weighted by Gasteiger charge is -2.34. The number of carbonyl (C=O) groups excluding carboxylic acids is 1. The average Bonchev–Trinajstić information content (AvgIpc) is 3.04. The molecule has 0 aliphatic carbocycles. The van der Waals surface area contributed by atoms with Crippen molar-refractivity contribution in [1.29, 1.82) is 0 Å². The van der Waals surface area contributed by atoms with Crippen LogP contribution in [0.4, 0.5) is 29.5 Å². The van der Waals surface area contributed by atoms with Gasteiger partial charge in [0.25, 0.3) is 0 Å². The van der Waals surface area contributed by atoms with Crippen molar-refractivity contribution in [3.8, 4) is 11.3 Å². The summed E-state index contributed by atoms with van der Waals surface area (Å²) in [5.41, 5.74) is 0.702. The van der Waals surface area contributed by atoms with E-state index in [0.29, 0.717) is 35.3 Å². The monoisotopic (exact) mass is 449 g/mol. The van der Waals surface area contributed by atoms with Crippen LogP contribution in [0.25, 0.3) is 11.3 Å². The van der Waals surface area contributed by atoms with Crippen molar-refractivity contribution in [2.24, 2.45) is 4.99 Å². The fourth-order valence-electron chi connectivity index (χ4n) is 3.44. The van der Waals surface area contributed by atoms with E-state index in [9.17, 15) is 18.0 Å². The molecule has 1 aromatic carbocycles. The second kappa shape index (κ2) is 8.07. The number of nitrogens with one attached hydrogen (secondary N) is 1. The number of likely N-dealkylation sites (N-methyl/N-ethyl adjacent to an activating group) is 1. The zero-order chi connectivity index (χ0) is 22.3. The molecule has 0 saturated heterocycles. The first-order chi connectivity index (χ1) is 14.6. The van der Waals surface area contributed by atoms with E-state index in [2.05, 4.69) is 15.3 Å². The molecule has 6 nitrogen and oxygen atoms in total. The molecule has 2 aliphatic heterocycles. The summed E-state index contributed by atoms with van der Waals surface area (Å²) in [6.07, 6.45) is -4.44. The Morgan fingerprint density at radius 3 is 2.65 bits per heavy atom. The third-order valence-corrected chi connectivity index (χ3v) is 6.62. The molecule has 31 heavy (non-hydrogen) atoms. The average molecular weight is 450 g/mol. The number of thioether (sulfide) groups is 1. The van der Waals surface area contributed by atoms with Crippen molar-refractivity contribution in [3.63, 3.8) is 0 Å². The minimum absolute atomic E-state index is 0.116. The Labute approximate surface area is 182 Å². The summed E-state index contributed by atoms with van der Waals surface area (Å²) in [6.45, 7) is 5.05. The summed E-state index contributed by atoms with van der Waals surface area (Å²) in [6, 6.07) is 8.24. The molecule has 4 rings (SSSR count). The Bertz CT molecular complexity index is 1040. The molecule has 2 aliphatic rings. The van der Waals surface area contributed by atoms with E-state index >= 15 is 0 Å². The highest BCUT2D eigenvalue weighted by Gasteiger charge is 2.32. The van der Waals surface area contributed by atoms with Crippen molar-refractivity contribution >= 4 is 34.5 Å². The molecular formula is C21H22F3N5OS. The summed E-state index contributed by atoms with van der Waals surface area (Å²) in [5, 5.41) is 3.69. The minimum atomic E-state index is -4.44. The number of fused-ring (bicyclic) bond motifs is 1. The Balaban J connectivity index is 1.66. The fourth-order valence-corrected chi connectivity index (χ4v) is 4.43. The number of aliphatic imine (C=N–C) groups is 1. The Kier molecular flexibility index (Phi) is 5.59. The molecule has 0 saturated carbocycles. The molecule has 2 atom stereocenters. The lowest BCUT2D eigenvalue weighted by atomic mass is 10.1. The van der Waals surface area contributed by atoms with Gasteiger partial charge in [0, 0.05) is 31.0 Å². The number of pyridine rings is 1. The molecule has 1 N–H and O–H groups in total. The van der Waals surface area contributed by atoms with Gasteiger partial charge in [-0.3, -0.25) is 15.2 Å². The smallest absolute Gasteiger partial charge is 0.370 e. The van der Waals surface area contributed by atoms with Crippen molar-refractivity contribution in [1.82, 2.24) is 10.3 Å². The van der Waals surface area contributed by atoms with Gasteiger partial charge in [-0.1, -0.05) is 30.8 Å². The SMILES string of the molecule is CC1N=C(NC(=O)N2CCN(C)c3ccc(-c4cccc(C(F)(F)F)c4)nc32)SC1C. The number of hydrogen-bond donors (Lipinski definition) is 1. The molecule has 2 unspecified atom stereocenters. The number of carbonyl (C=O) groups is 1. The van der Waals surface area contributed by atoms with E-state index in [-0.39, 0.29) is 17.3 Å². The topological polar surface area (TPSA) is 60.8 Å². The van der Waals surface area contributed by atoms with E-state index in [1.165, 1.54) is 22.7 Å². The van der Waals surface area contributed by atoms with Crippen molar-refractivity contribution in [2.75, 3.05) is 29.9 Å². The van der Waals surface area contributed by atoms with Gasteiger partial charge < -0.3 is 4.90 Å². The van der Waals surface area contributed by atoms with Crippen LogP contribution in [0.1, 0.15) is 19.4 Å². The van der Waals surface area contributed by atoms with Crippen LogP contribution in [0.2, 0.25) is 0 Å². The van der Waals surface area contributed by atoms with Crippen LogP contribution < -0.4 is 15.1 Å². The number of anilines is 2. The van der Waals surface area contributed by atoms with Gasteiger partial charge in [0.2, 0.25) is 0 Å². The Morgan fingerprint density at radius 1 is 1.19 bits per heavy atom. The van der Waals surface area contributed by atoms with Crippen LogP contribution in [0.3, 0.4) is 0 Å². The number of amidine groups is 1. The van der Waals surface area contributed by atoms with Gasteiger partial charge in [-0.15, -0.1) is 0 Å². The number of alkyl halides is 3.